The number of nitrogens with zero attached hydrogens (tertiary/aromatic N) is 4. The van der Waals surface area contributed by atoms with E-state index >= 15 is 0 Å². The summed E-state index contributed by atoms with van der Waals surface area (Å²) in [5.74, 6) is -1.57. The number of ether oxygens (including phenoxy) is 1. The summed E-state index contributed by atoms with van der Waals surface area (Å²) in [5, 5.41) is 22.1. The van der Waals surface area contributed by atoms with Crippen molar-refractivity contribution in [2.24, 2.45) is 0 Å². The summed E-state index contributed by atoms with van der Waals surface area (Å²) in [6.45, 7) is -0.849. The summed E-state index contributed by atoms with van der Waals surface area (Å²) in [5.41, 5.74) is 1.22. The smallest absolute Gasteiger partial charge is 0.329 e. The fourth-order valence-corrected chi connectivity index (χ4v) is 1.66. The molecular weight excluding hydrogens is 298 g/mol. The van der Waals surface area contributed by atoms with Gasteiger partial charge < -0.3 is 15.2 Å². The number of carboxylic acids is 1. The summed E-state index contributed by atoms with van der Waals surface area (Å²) in [4.78, 5) is 21.7. The molecule has 9 nitrogen and oxygen atoms in total. The van der Waals surface area contributed by atoms with E-state index in [4.69, 9.17) is 5.11 Å². The fourth-order valence-electron chi connectivity index (χ4n) is 1.46. The molecule has 0 aliphatic rings. The number of aromatic nitrogens is 4. The number of thiol groups is 1. The number of carbonyl (C=O) groups is 2. The van der Waals surface area contributed by atoms with Gasteiger partial charge in [-0.05, 0) is 34.7 Å². The zero-order valence-corrected chi connectivity index (χ0v) is 11.5. The number of hydrogen-bond acceptors (Lipinski definition) is 7. The Morgan fingerprint density at radius 2 is 2.00 bits per heavy atom. The number of amides is 1. The molecule has 0 radical (unpaired) electrons. The number of rotatable bonds is 6. The highest BCUT2D eigenvalue weighted by Gasteiger charge is 2.06. The fraction of sp³-hybridized carbons (Fsp3) is 0.182. The van der Waals surface area contributed by atoms with Crippen molar-refractivity contribution in [3.63, 3.8) is 0 Å². The van der Waals surface area contributed by atoms with Crippen molar-refractivity contribution in [2.45, 2.75) is 5.16 Å². The van der Waals surface area contributed by atoms with Crippen molar-refractivity contribution in [2.75, 3.05) is 18.5 Å². The lowest BCUT2D eigenvalue weighted by atomic mass is 10.3. The quantitative estimate of drug-likeness (QED) is 0.642. The molecule has 2 aromatic rings. The van der Waals surface area contributed by atoms with Crippen LogP contribution in [-0.4, -0.2) is 50.4 Å². The molecule has 2 N–H and O–H groups in total. The third-order valence-electron chi connectivity index (χ3n) is 2.31. The topological polar surface area (TPSA) is 119 Å². The number of tetrazole rings is 1. The third-order valence-corrected chi connectivity index (χ3v) is 2.59. The summed E-state index contributed by atoms with van der Waals surface area (Å²) < 4.78 is 6.10. The van der Waals surface area contributed by atoms with Crippen LogP contribution in [0, 0.1) is 0 Å². The maximum atomic E-state index is 11.5. The average molecular weight is 309 g/mol. The van der Waals surface area contributed by atoms with Gasteiger partial charge >= 0.3 is 5.97 Å². The molecular formula is C11H11N5O4S. The van der Waals surface area contributed by atoms with Crippen LogP contribution in [0.1, 0.15) is 0 Å². The van der Waals surface area contributed by atoms with E-state index in [1.54, 1.807) is 24.3 Å². The average Bonchev–Trinajstić information content (AvgIpc) is 2.85. The molecule has 0 saturated carbocycles. The highest BCUT2D eigenvalue weighted by atomic mass is 32.1. The molecule has 2 rings (SSSR count). The standard InChI is InChI=1S/C11H11N5O4S/c17-9(5-20-6-10(18)19)12-7-1-3-8(4-2-7)16-11(21)13-14-15-16/h1-4H,5-6H2,(H,12,17)(H,18,19)(H,13,15,21). The molecule has 0 spiro atoms. The minimum Gasteiger partial charge on any atom is -0.480 e. The zero-order valence-electron chi connectivity index (χ0n) is 10.6. The molecule has 0 unspecified atom stereocenters. The molecule has 110 valence electrons. The van der Waals surface area contributed by atoms with Crippen LogP contribution in [0.2, 0.25) is 0 Å². The van der Waals surface area contributed by atoms with E-state index < -0.39 is 18.5 Å². The Hall–Kier alpha value is -2.46. The van der Waals surface area contributed by atoms with Crippen molar-refractivity contribution in [1.82, 2.24) is 20.2 Å². The van der Waals surface area contributed by atoms with E-state index in [0.717, 1.165) is 0 Å². The lowest BCUT2D eigenvalue weighted by molar-refractivity contribution is -0.143. The number of nitrogens with one attached hydrogen (secondary N) is 1. The highest BCUT2D eigenvalue weighted by Crippen LogP contribution is 2.14. The van der Waals surface area contributed by atoms with Gasteiger partial charge in [0.05, 0.1) is 5.69 Å². The predicted octanol–water partition coefficient (Wildman–Crippen LogP) is -0.00930. The second-order valence-electron chi connectivity index (χ2n) is 3.87. The second kappa shape index (κ2) is 6.81. The largest absolute Gasteiger partial charge is 0.480 e. The summed E-state index contributed by atoms with van der Waals surface area (Å²) >= 11 is 4.09. The minimum absolute atomic E-state index is 0.332. The van der Waals surface area contributed by atoms with Gasteiger partial charge in [-0.3, -0.25) is 4.79 Å². The summed E-state index contributed by atoms with van der Waals surface area (Å²) in [6.07, 6.45) is 0. The molecule has 0 aliphatic heterocycles. The predicted molar refractivity (Wildman–Crippen MR) is 73.5 cm³/mol. The summed E-state index contributed by atoms with van der Waals surface area (Å²) in [7, 11) is 0. The Balaban J connectivity index is 1.92. The van der Waals surface area contributed by atoms with Crippen molar-refractivity contribution < 1.29 is 19.4 Å². The maximum absolute atomic E-state index is 11.5. The molecule has 0 atom stereocenters. The van der Waals surface area contributed by atoms with Gasteiger partial charge in [-0.15, -0.1) is 17.7 Å². The number of benzene rings is 1. The van der Waals surface area contributed by atoms with Crippen LogP contribution < -0.4 is 5.32 Å². The Kier molecular flexibility index (Phi) is 4.85. The van der Waals surface area contributed by atoms with E-state index in [1.165, 1.54) is 4.68 Å². The second-order valence-corrected chi connectivity index (χ2v) is 4.27. The van der Waals surface area contributed by atoms with Gasteiger partial charge in [-0.2, -0.15) is 4.68 Å². The normalized spacial score (nSPS) is 10.3. The molecule has 0 saturated heterocycles. The molecule has 1 amide bonds. The van der Waals surface area contributed by atoms with E-state index in [2.05, 4.69) is 38.2 Å². The van der Waals surface area contributed by atoms with Gasteiger partial charge in [0.15, 0.2) is 0 Å². The Morgan fingerprint density at radius 1 is 1.29 bits per heavy atom. The van der Waals surface area contributed by atoms with Crippen molar-refractivity contribution in [3.8, 4) is 5.69 Å². The third kappa shape index (κ3) is 4.26. The van der Waals surface area contributed by atoms with Crippen LogP contribution in [-0.2, 0) is 14.3 Å². The molecule has 0 fully saturated rings. The van der Waals surface area contributed by atoms with Gasteiger partial charge in [0.1, 0.15) is 13.2 Å². The molecule has 10 heteroatoms. The number of anilines is 1. The Bertz CT molecular complexity index is 642. The van der Waals surface area contributed by atoms with Crippen LogP contribution >= 0.6 is 12.6 Å². The van der Waals surface area contributed by atoms with Gasteiger partial charge in [-0.25, -0.2) is 4.79 Å². The van der Waals surface area contributed by atoms with Gasteiger partial charge in [0, 0.05) is 5.69 Å². The molecule has 0 aliphatic carbocycles. The van der Waals surface area contributed by atoms with Crippen LogP contribution in [0.25, 0.3) is 5.69 Å². The monoisotopic (exact) mass is 309 g/mol. The van der Waals surface area contributed by atoms with Gasteiger partial charge in [-0.1, -0.05) is 0 Å². The first-order valence-corrected chi connectivity index (χ1v) is 6.18. The molecule has 1 aromatic carbocycles. The van der Waals surface area contributed by atoms with E-state index in [-0.39, 0.29) is 6.61 Å². The van der Waals surface area contributed by atoms with E-state index in [9.17, 15) is 9.59 Å². The lowest BCUT2D eigenvalue weighted by Gasteiger charge is -2.06. The number of hydrogen-bond donors (Lipinski definition) is 3. The van der Waals surface area contributed by atoms with Gasteiger partial charge in [0.2, 0.25) is 11.1 Å². The van der Waals surface area contributed by atoms with E-state index in [1.807, 2.05) is 0 Å². The lowest BCUT2D eigenvalue weighted by Crippen LogP contribution is -2.20. The Morgan fingerprint density at radius 3 is 2.57 bits per heavy atom. The van der Waals surface area contributed by atoms with Crippen molar-refractivity contribution >= 4 is 30.2 Å². The van der Waals surface area contributed by atoms with Crippen molar-refractivity contribution in [1.29, 1.82) is 0 Å². The SMILES string of the molecule is O=C(O)COCC(=O)Nc1ccc(-n2nnnc2S)cc1. The number of carboxylic acid groups (broad SMARTS) is 1. The van der Waals surface area contributed by atoms with E-state index in [0.29, 0.717) is 16.5 Å². The Labute approximate surface area is 124 Å². The van der Waals surface area contributed by atoms with Crippen LogP contribution in [0.5, 0.6) is 0 Å². The number of carbonyl (C=O) groups excluding carboxylic acids is 1. The molecule has 1 heterocycles. The van der Waals surface area contributed by atoms with Gasteiger partial charge in [0.25, 0.3) is 0 Å². The first-order chi connectivity index (χ1) is 10.1. The summed E-state index contributed by atoms with van der Waals surface area (Å²) in [6, 6.07) is 6.70. The van der Waals surface area contributed by atoms with Crippen molar-refractivity contribution in [3.05, 3.63) is 24.3 Å². The van der Waals surface area contributed by atoms with Crippen LogP contribution in [0.3, 0.4) is 0 Å². The van der Waals surface area contributed by atoms with Crippen LogP contribution in [0.4, 0.5) is 5.69 Å². The minimum atomic E-state index is -1.13. The maximum Gasteiger partial charge on any atom is 0.329 e. The van der Waals surface area contributed by atoms with Crippen LogP contribution in [0.15, 0.2) is 29.4 Å². The molecule has 21 heavy (non-hydrogen) atoms. The number of aliphatic carboxylic acids is 1. The molecule has 1 aromatic heterocycles. The first kappa shape index (κ1) is 14.9. The first-order valence-electron chi connectivity index (χ1n) is 5.73. The molecule has 0 bridgehead atoms. The highest BCUT2D eigenvalue weighted by molar-refractivity contribution is 7.80. The zero-order chi connectivity index (χ0) is 15.2.